The van der Waals surface area contributed by atoms with Crippen molar-refractivity contribution < 1.29 is 0 Å². The molecule has 76 valence electrons. The fourth-order valence-electron chi connectivity index (χ4n) is 1.19. The minimum absolute atomic E-state index is 1.16. The van der Waals surface area contributed by atoms with Gasteiger partial charge < -0.3 is 0 Å². The maximum absolute atomic E-state index is 2.28. The Bertz CT molecular complexity index is 251. The molecule has 0 aliphatic heterocycles. The summed E-state index contributed by atoms with van der Waals surface area (Å²) in [5, 5.41) is 0. The van der Waals surface area contributed by atoms with Crippen molar-refractivity contribution in [2.75, 3.05) is 5.75 Å². The van der Waals surface area contributed by atoms with Crippen LogP contribution in [0.4, 0.5) is 0 Å². The van der Waals surface area contributed by atoms with Gasteiger partial charge in [-0.15, -0.1) is 11.8 Å². The van der Waals surface area contributed by atoms with Crippen LogP contribution in [0.5, 0.6) is 0 Å². The summed E-state index contributed by atoms with van der Waals surface area (Å²) in [6.07, 6.45) is 8.17. The van der Waals surface area contributed by atoms with E-state index in [1.165, 1.54) is 23.5 Å². The van der Waals surface area contributed by atoms with E-state index in [-0.39, 0.29) is 0 Å². The standard InChI is InChI=1S/C13H18S/c1-2-3-4-5-9-12-14-13-10-7-6-8-11-13/h3-4,6-8,10-11H,2,5,9,12H2,1H3/b4-3+. The van der Waals surface area contributed by atoms with E-state index in [9.17, 15) is 0 Å². The van der Waals surface area contributed by atoms with Crippen molar-refractivity contribution in [2.24, 2.45) is 0 Å². The minimum atomic E-state index is 1.16. The smallest absolute Gasteiger partial charge is 0.00719 e. The molecule has 0 N–H and O–H groups in total. The zero-order valence-electron chi connectivity index (χ0n) is 8.78. The molecule has 0 fully saturated rings. The van der Waals surface area contributed by atoms with Gasteiger partial charge in [-0.3, -0.25) is 0 Å². The molecule has 0 aliphatic rings. The normalized spacial score (nSPS) is 10.9. The van der Waals surface area contributed by atoms with Crippen LogP contribution in [0, 0.1) is 0 Å². The quantitative estimate of drug-likeness (QED) is 0.374. The van der Waals surface area contributed by atoms with Crippen molar-refractivity contribution >= 4 is 11.8 Å². The Labute approximate surface area is 91.4 Å². The maximum atomic E-state index is 2.28. The second-order valence-electron chi connectivity index (χ2n) is 3.18. The van der Waals surface area contributed by atoms with E-state index in [4.69, 9.17) is 0 Å². The molecule has 14 heavy (non-hydrogen) atoms. The highest BCUT2D eigenvalue weighted by Crippen LogP contribution is 2.18. The largest absolute Gasteiger partial charge is 0.126 e. The third kappa shape index (κ3) is 5.13. The van der Waals surface area contributed by atoms with Gasteiger partial charge in [0.2, 0.25) is 0 Å². The van der Waals surface area contributed by atoms with Crippen LogP contribution in [0.25, 0.3) is 0 Å². The highest BCUT2D eigenvalue weighted by atomic mass is 32.2. The van der Waals surface area contributed by atoms with Crippen LogP contribution >= 0.6 is 11.8 Å². The number of hydrogen-bond donors (Lipinski definition) is 0. The summed E-state index contributed by atoms with van der Waals surface area (Å²) in [7, 11) is 0. The van der Waals surface area contributed by atoms with E-state index >= 15 is 0 Å². The average molecular weight is 206 g/mol. The zero-order chi connectivity index (χ0) is 10.1. The van der Waals surface area contributed by atoms with Gasteiger partial charge in [-0.25, -0.2) is 0 Å². The van der Waals surface area contributed by atoms with Crippen LogP contribution in [0.15, 0.2) is 47.4 Å². The second-order valence-corrected chi connectivity index (χ2v) is 4.35. The lowest BCUT2D eigenvalue weighted by Crippen LogP contribution is -1.78. The first-order valence-electron chi connectivity index (χ1n) is 5.26. The lowest BCUT2D eigenvalue weighted by Gasteiger charge is -1.98. The number of unbranched alkanes of at least 4 members (excludes halogenated alkanes) is 1. The predicted molar refractivity (Wildman–Crippen MR) is 65.8 cm³/mol. The Kier molecular flexibility index (Phi) is 6.25. The van der Waals surface area contributed by atoms with Crippen LogP contribution in [0.2, 0.25) is 0 Å². The summed E-state index contributed by atoms with van der Waals surface area (Å²) in [4.78, 5) is 1.38. The van der Waals surface area contributed by atoms with Gasteiger partial charge in [0, 0.05) is 4.90 Å². The van der Waals surface area contributed by atoms with Crippen molar-refractivity contribution in [2.45, 2.75) is 31.1 Å². The summed E-state index contributed by atoms with van der Waals surface area (Å²) in [5.41, 5.74) is 0. The van der Waals surface area contributed by atoms with E-state index in [1.54, 1.807) is 0 Å². The summed E-state index contributed by atoms with van der Waals surface area (Å²) in [6, 6.07) is 10.6. The molecule has 0 aromatic heterocycles. The first-order chi connectivity index (χ1) is 6.93. The number of benzene rings is 1. The Balaban J connectivity index is 2.07. The third-order valence-electron chi connectivity index (χ3n) is 1.93. The summed E-state index contributed by atoms with van der Waals surface area (Å²) < 4.78 is 0. The van der Waals surface area contributed by atoms with Crippen LogP contribution in [0.3, 0.4) is 0 Å². The molecule has 0 heterocycles. The number of thioether (sulfide) groups is 1. The fourth-order valence-corrected chi connectivity index (χ4v) is 2.09. The van der Waals surface area contributed by atoms with E-state index in [0.717, 1.165) is 6.42 Å². The van der Waals surface area contributed by atoms with Crippen molar-refractivity contribution in [3.05, 3.63) is 42.5 Å². The van der Waals surface area contributed by atoms with Gasteiger partial charge in [-0.1, -0.05) is 37.3 Å². The Morgan fingerprint density at radius 1 is 1.14 bits per heavy atom. The topological polar surface area (TPSA) is 0 Å². The Morgan fingerprint density at radius 2 is 1.93 bits per heavy atom. The first kappa shape index (κ1) is 11.4. The molecule has 0 spiro atoms. The summed E-state index contributed by atoms with van der Waals surface area (Å²) in [5.74, 6) is 1.22. The molecule has 0 saturated carbocycles. The molecule has 0 radical (unpaired) electrons. The van der Waals surface area contributed by atoms with Gasteiger partial charge >= 0.3 is 0 Å². The highest BCUT2D eigenvalue weighted by molar-refractivity contribution is 7.99. The van der Waals surface area contributed by atoms with Crippen molar-refractivity contribution in [1.29, 1.82) is 0 Å². The molecule has 0 nitrogen and oxygen atoms in total. The number of hydrogen-bond acceptors (Lipinski definition) is 1. The van der Waals surface area contributed by atoms with Gasteiger partial charge in [-0.05, 0) is 37.1 Å². The summed E-state index contributed by atoms with van der Waals surface area (Å²) in [6.45, 7) is 2.18. The van der Waals surface area contributed by atoms with Crippen molar-refractivity contribution in [1.82, 2.24) is 0 Å². The number of rotatable bonds is 6. The van der Waals surface area contributed by atoms with Crippen molar-refractivity contribution in [3.63, 3.8) is 0 Å². The lowest BCUT2D eigenvalue weighted by atomic mass is 10.3. The predicted octanol–water partition coefficient (Wildman–Crippen LogP) is 4.53. The van der Waals surface area contributed by atoms with Crippen LogP contribution in [-0.2, 0) is 0 Å². The van der Waals surface area contributed by atoms with E-state index in [2.05, 4.69) is 49.4 Å². The lowest BCUT2D eigenvalue weighted by molar-refractivity contribution is 0.963. The molecule has 0 amide bonds. The Hall–Kier alpha value is -0.690. The zero-order valence-corrected chi connectivity index (χ0v) is 9.59. The monoisotopic (exact) mass is 206 g/mol. The fraction of sp³-hybridized carbons (Fsp3) is 0.385. The van der Waals surface area contributed by atoms with E-state index in [1.807, 2.05) is 11.8 Å². The van der Waals surface area contributed by atoms with Crippen LogP contribution in [0.1, 0.15) is 26.2 Å². The first-order valence-corrected chi connectivity index (χ1v) is 6.25. The average Bonchev–Trinajstić information content (AvgIpc) is 2.25. The van der Waals surface area contributed by atoms with Crippen LogP contribution < -0.4 is 0 Å². The molecular formula is C13H18S. The second kappa shape index (κ2) is 7.69. The van der Waals surface area contributed by atoms with E-state index in [0.29, 0.717) is 0 Å². The SMILES string of the molecule is CC/C=C/CCCSc1ccccc1. The van der Waals surface area contributed by atoms with Gasteiger partial charge in [0.1, 0.15) is 0 Å². The molecule has 0 saturated heterocycles. The van der Waals surface area contributed by atoms with Gasteiger partial charge in [0.25, 0.3) is 0 Å². The minimum Gasteiger partial charge on any atom is -0.126 e. The van der Waals surface area contributed by atoms with Gasteiger partial charge in [0.15, 0.2) is 0 Å². The summed E-state index contributed by atoms with van der Waals surface area (Å²) >= 11 is 1.94. The molecule has 0 aliphatic carbocycles. The molecule has 1 heteroatoms. The molecule has 1 aromatic rings. The maximum Gasteiger partial charge on any atom is 0.00719 e. The van der Waals surface area contributed by atoms with E-state index < -0.39 is 0 Å². The highest BCUT2D eigenvalue weighted by Gasteiger charge is 1.90. The molecule has 1 aromatic carbocycles. The molecular weight excluding hydrogens is 188 g/mol. The Morgan fingerprint density at radius 3 is 2.64 bits per heavy atom. The number of allylic oxidation sites excluding steroid dienone is 2. The van der Waals surface area contributed by atoms with Gasteiger partial charge in [0.05, 0.1) is 0 Å². The molecule has 0 unspecified atom stereocenters. The third-order valence-corrected chi connectivity index (χ3v) is 3.03. The molecule has 0 bridgehead atoms. The van der Waals surface area contributed by atoms with Gasteiger partial charge in [-0.2, -0.15) is 0 Å². The molecule has 1 rings (SSSR count). The molecule has 0 atom stereocenters. The van der Waals surface area contributed by atoms with Crippen molar-refractivity contribution in [3.8, 4) is 0 Å². The van der Waals surface area contributed by atoms with Crippen LogP contribution in [-0.4, -0.2) is 5.75 Å².